The van der Waals surface area contributed by atoms with Crippen LogP contribution in [0.5, 0.6) is 0 Å². The minimum Gasteiger partial charge on any atom is -0.384 e. The zero-order valence-corrected chi connectivity index (χ0v) is 11.3. The molecule has 2 rings (SSSR count). The van der Waals surface area contributed by atoms with E-state index in [0.717, 1.165) is 18.8 Å². The van der Waals surface area contributed by atoms with Crippen LogP contribution < -0.4 is 10.6 Å². The molecule has 0 bridgehead atoms. The fourth-order valence-corrected chi connectivity index (χ4v) is 2.35. The summed E-state index contributed by atoms with van der Waals surface area (Å²) in [6.45, 7) is 5.71. The standard InChI is InChI=1S/C14H21N3O/c1-10-4-6-12(7-5-10)17-13(8-16-14(17)15)11(2)9-18-3/h4-7,11,13H,8-9H2,1-3H3,(H2,15,16). The van der Waals surface area contributed by atoms with E-state index in [1.807, 2.05) is 0 Å². The highest BCUT2D eigenvalue weighted by Gasteiger charge is 2.31. The van der Waals surface area contributed by atoms with Crippen molar-refractivity contribution in [3.8, 4) is 0 Å². The molecule has 0 amide bonds. The highest BCUT2D eigenvalue weighted by Crippen LogP contribution is 2.25. The van der Waals surface area contributed by atoms with Gasteiger partial charge in [0.05, 0.1) is 19.2 Å². The van der Waals surface area contributed by atoms with Gasteiger partial charge in [-0.3, -0.25) is 4.99 Å². The molecule has 0 saturated carbocycles. The maximum absolute atomic E-state index is 6.01. The van der Waals surface area contributed by atoms with E-state index < -0.39 is 0 Å². The Kier molecular flexibility index (Phi) is 3.87. The van der Waals surface area contributed by atoms with Crippen molar-refractivity contribution in [1.82, 2.24) is 0 Å². The Morgan fingerprint density at radius 2 is 2.11 bits per heavy atom. The predicted octanol–water partition coefficient (Wildman–Crippen LogP) is 1.78. The Hall–Kier alpha value is -1.55. The lowest BCUT2D eigenvalue weighted by Crippen LogP contribution is -2.45. The molecular formula is C14H21N3O. The van der Waals surface area contributed by atoms with Crippen molar-refractivity contribution < 1.29 is 4.74 Å². The maximum Gasteiger partial charge on any atom is 0.196 e. The lowest BCUT2D eigenvalue weighted by molar-refractivity contribution is 0.150. The summed E-state index contributed by atoms with van der Waals surface area (Å²) < 4.78 is 5.24. The molecule has 1 aliphatic heterocycles. The fraction of sp³-hybridized carbons (Fsp3) is 0.500. The van der Waals surface area contributed by atoms with E-state index in [2.05, 4.69) is 48.0 Å². The Morgan fingerprint density at radius 3 is 2.72 bits per heavy atom. The van der Waals surface area contributed by atoms with Gasteiger partial charge in [0.1, 0.15) is 0 Å². The SMILES string of the molecule is COCC(C)C1CN=C(N)N1c1ccc(C)cc1. The topological polar surface area (TPSA) is 50.9 Å². The molecule has 1 heterocycles. The Balaban J connectivity index is 2.22. The molecule has 2 unspecified atom stereocenters. The number of methoxy groups -OCH3 is 1. The van der Waals surface area contributed by atoms with Gasteiger partial charge in [0.2, 0.25) is 0 Å². The van der Waals surface area contributed by atoms with Crippen molar-refractivity contribution in [2.24, 2.45) is 16.6 Å². The largest absolute Gasteiger partial charge is 0.384 e. The van der Waals surface area contributed by atoms with Gasteiger partial charge in [0, 0.05) is 18.7 Å². The maximum atomic E-state index is 6.01. The highest BCUT2D eigenvalue weighted by molar-refractivity contribution is 5.97. The molecule has 1 aromatic carbocycles. The van der Waals surface area contributed by atoms with Crippen LogP contribution in [-0.2, 0) is 4.74 Å². The van der Waals surface area contributed by atoms with Crippen LogP contribution in [0.1, 0.15) is 12.5 Å². The molecular weight excluding hydrogens is 226 g/mol. The van der Waals surface area contributed by atoms with Crippen LogP contribution >= 0.6 is 0 Å². The molecule has 4 heteroatoms. The van der Waals surface area contributed by atoms with Gasteiger partial charge in [0.15, 0.2) is 5.96 Å². The number of hydrogen-bond donors (Lipinski definition) is 1. The molecule has 1 aliphatic rings. The van der Waals surface area contributed by atoms with Crippen molar-refractivity contribution in [3.63, 3.8) is 0 Å². The number of hydrogen-bond acceptors (Lipinski definition) is 4. The molecule has 1 aromatic rings. The number of guanidine groups is 1. The van der Waals surface area contributed by atoms with Crippen LogP contribution in [0.15, 0.2) is 29.3 Å². The average molecular weight is 247 g/mol. The van der Waals surface area contributed by atoms with Gasteiger partial charge in [0.25, 0.3) is 0 Å². The molecule has 0 spiro atoms. The summed E-state index contributed by atoms with van der Waals surface area (Å²) in [6.07, 6.45) is 0. The molecule has 2 atom stereocenters. The minimum atomic E-state index is 0.285. The number of aliphatic imine (C=N–C) groups is 1. The second kappa shape index (κ2) is 5.40. The molecule has 0 radical (unpaired) electrons. The van der Waals surface area contributed by atoms with E-state index in [9.17, 15) is 0 Å². The summed E-state index contributed by atoms with van der Waals surface area (Å²) in [7, 11) is 1.73. The van der Waals surface area contributed by atoms with Gasteiger partial charge in [-0.2, -0.15) is 0 Å². The van der Waals surface area contributed by atoms with E-state index in [4.69, 9.17) is 10.5 Å². The Labute approximate surface area is 108 Å². The highest BCUT2D eigenvalue weighted by atomic mass is 16.5. The van der Waals surface area contributed by atoms with Crippen molar-refractivity contribution in [2.45, 2.75) is 19.9 Å². The van der Waals surface area contributed by atoms with Crippen LogP contribution in [0, 0.1) is 12.8 Å². The van der Waals surface area contributed by atoms with Crippen molar-refractivity contribution in [1.29, 1.82) is 0 Å². The first-order valence-electron chi connectivity index (χ1n) is 6.28. The lowest BCUT2D eigenvalue weighted by Gasteiger charge is -2.30. The van der Waals surface area contributed by atoms with Gasteiger partial charge in [-0.05, 0) is 19.1 Å². The van der Waals surface area contributed by atoms with Crippen LogP contribution in [0.4, 0.5) is 5.69 Å². The quantitative estimate of drug-likeness (QED) is 0.882. The number of rotatable bonds is 4. The normalized spacial score (nSPS) is 20.9. The van der Waals surface area contributed by atoms with Gasteiger partial charge < -0.3 is 15.4 Å². The minimum absolute atomic E-state index is 0.285. The Morgan fingerprint density at radius 1 is 1.44 bits per heavy atom. The van der Waals surface area contributed by atoms with Crippen LogP contribution in [0.3, 0.4) is 0 Å². The van der Waals surface area contributed by atoms with Crippen LogP contribution in [0.2, 0.25) is 0 Å². The number of aryl methyl sites for hydroxylation is 1. The van der Waals surface area contributed by atoms with Crippen molar-refractivity contribution in [2.75, 3.05) is 25.2 Å². The van der Waals surface area contributed by atoms with Crippen molar-refractivity contribution in [3.05, 3.63) is 29.8 Å². The summed E-state index contributed by atoms with van der Waals surface area (Å²) in [6, 6.07) is 8.66. The third-order valence-electron chi connectivity index (χ3n) is 3.42. The first-order valence-corrected chi connectivity index (χ1v) is 6.28. The smallest absolute Gasteiger partial charge is 0.196 e. The third-order valence-corrected chi connectivity index (χ3v) is 3.42. The second-order valence-electron chi connectivity index (χ2n) is 4.90. The summed E-state index contributed by atoms with van der Waals surface area (Å²) in [5, 5.41) is 0. The Bertz CT molecular complexity index is 427. The molecule has 0 aliphatic carbocycles. The number of nitrogens with two attached hydrogens (primary N) is 1. The van der Waals surface area contributed by atoms with E-state index in [1.54, 1.807) is 7.11 Å². The number of benzene rings is 1. The van der Waals surface area contributed by atoms with Gasteiger partial charge in [-0.25, -0.2) is 0 Å². The fourth-order valence-electron chi connectivity index (χ4n) is 2.35. The van der Waals surface area contributed by atoms with E-state index >= 15 is 0 Å². The van der Waals surface area contributed by atoms with Crippen LogP contribution in [-0.4, -0.2) is 32.3 Å². The predicted molar refractivity (Wildman–Crippen MR) is 75.0 cm³/mol. The molecule has 0 saturated heterocycles. The number of nitrogens with zero attached hydrogens (tertiary/aromatic N) is 2. The summed E-state index contributed by atoms with van der Waals surface area (Å²) in [4.78, 5) is 6.48. The zero-order chi connectivity index (χ0) is 13.1. The van der Waals surface area contributed by atoms with E-state index in [0.29, 0.717) is 11.9 Å². The third kappa shape index (κ3) is 2.48. The molecule has 2 N–H and O–H groups in total. The van der Waals surface area contributed by atoms with Gasteiger partial charge >= 0.3 is 0 Å². The average Bonchev–Trinajstić information content (AvgIpc) is 2.73. The summed E-state index contributed by atoms with van der Waals surface area (Å²) in [5.41, 5.74) is 8.36. The van der Waals surface area contributed by atoms with E-state index in [-0.39, 0.29) is 6.04 Å². The molecule has 0 aromatic heterocycles. The first-order chi connectivity index (χ1) is 8.63. The lowest BCUT2D eigenvalue weighted by atomic mass is 10.0. The zero-order valence-electron chi connectivity index (χ0n) is 11.3. The monoisotopic (exact) mass is 247 g/mol. The van der Waals surface area contributed by atoms with Crippen molar-refractivity contribution >= 4 is 11.6 Å². The van der Waals surface area contributed by atoms with Crippen LogP contribution in [0.25, 0.3) is 0 Å². The number of ether oxygens (including phenoxy) is 1. The molecule has 18 heavy (non-hydrogen) atoms. The molecule has 4 nitrogen and oxygen atoms in total. The summed E-state index contributed by atoms with van der Waals surface area (Å²) >= 11 is 0. The number of anilines is 1. The summed E-state index contributed by atoms with van der Waals surface area (Å²) in [5.74, 6) is 0.993. The molecule has 98 valence electrons. The molecule has 0 fully saturated rings. The second-order valence-corrected chi connectivity index (χ2v) is 4.90. The van der Waals surface area contributed by atoms with Gasteiger partial charge in [-0.15, -0.1) is 0 Å². The van der Waals surface area contributed by atoms with E-state index in [1.165, 1.54) is 5.56 Å². The first kappa shape index (κ1) is 12.9. The van der Waals surface area contributed by atoms with Gasteiger partial charge in [-0.1, -0.05) is 24.6 Å².